The summed E-state index contributed by atoms with van der Waals surface area (Å²) in [7, 11) is 1.76. The van der Waals surface area contributed by atoms with E-state index in [4.69, 9.17) is 4.74 Å². The van der Waals surface area contributed by atoms with Crippen molar-refractivity contribution in [1.29, 1.82) is 0 Å². The topological polar surface area (TPSA) is 56.2 Å². The highest BCUT2D eigenvalue weighted by Gasteiger charge is 2.20. The molecule has 0 atom stereocenters. The number of carbonyl (C=O) groups excluding carboxylic acids is 1. The van der Waals surface area contributed by atoms with Gasteiger partial charge in [0, 0.05) is 24.9 Å². The van der Waals surface area contributed by atoms with Crippen LogP contribution in [0, 0.1) is 23.3 Å². The second-order valence-electron chi connectivity index (χ2n) is 5.91. The first-order chi connectivity index (χ1) is 13.4. The van der Waals surface area contributed by atoms with Crippen molar-refractivity contribution in [2.75, 3.05) is 0 Å². The van der Waals surface area contributed by atoms with Crippen molar-refractivity contribution in [3.63, 3.8) is 0 Å². The van der Waals surface area contributed by atoms with Crippen LogP contribution in [0.2, 0.25) is 0 Å². The summed E-state index contributed by atoms with van der Waals surface area (Å²) in [6.07, 6.45) is 1.62. The van der Waals surface area contributed by atoms with Gasteiger partial charge in [-0.3, -0.25) is 9.48 Å². The van der Waals surface area contributed by atoms with Crippen LogP contribution in [0.3, 0.4) is 0 Å². The highest BCUT2D eigenvalue weighted by Crippen LogP contribution is 2.27. The average molecular weight is 393 g/mol. The number of aromatic nitrogens is 2. The van der Waals surface area contributed by atoms with E-state index in [2.05, 4.69) is 10.4 Å². The summed E-state index contributed by atoms with van der Waals surface area (Å²) in [4.78, 5) is 12.2. The number of nitrogens with zero attached hydrogens (tertiary/aromatic N) is 2. The molecule has 0 fully saturated rings. The summed E-state index contributed by atoms with van der Waals surface area (Å²) < 4.78 is 60.0. The number of hydrogen-bond acceptors (Lipinski definition) is 3. The van der Waals surface area contributed by atoms with Gasteiger partial charge in [-0.2, -0.15) is 13.9 Å². The highest BCUT2D eigenvalue weighted by atomic mass is 19.2. The number of hydrogen-bond donors (Lipinski definition) is 1. The van der Waals surface area contributed by atoms with E-state index in [1.807, 2.05) is 0 Å². The first-order valence-electron chi connectivity index (χ1n) is 8.16. The van der Waals surface area contributed by atoms with Crippen LogP contribution in [0.15, 0.2) is 42.6 Å². The van der Waals surface area contributed by atoms with Gasteiger partial charge >= 0.3 is 0 Å². The Balaban J connectivity index is 1.62. The SMILES string of the molecule is Cn1nccc1CNC(=O)c1ccc(COc2c(F)c(F)cc(F)c2F)cc1. The summed E-state index contributed by atoms with van der Waals surface area (Å²) in [5.74, 6) is -7.76. The zero-order valence-corrected chi connectivity index (χ0v) is 14.7. The summed E-state index contributed by atoms with van der Waals surface area (Å²) in [6, 6.07) is 7.88. The molecule has 1 aromatic heterocycles. The zero-order chi connectivity index (χ0) is 20.3. The lowest BCUT2D eigenvalue weighted by atomic mass is 10.1. The van der Waals surface area contributed by atoms with E-state index in [0.29, 0.717) is 17.7 Å². The molecule has 0 aliphatic rings. The Morgan fingerprint density at radius 2 is 1.71 bits per heavy atom. The third kappa shape index (κ3) is 4.13. The van der Waals surface area contributed by atoms with Gasteiger partial charge in [0.05, 0.1) is 12.2 Å². The van der Waals surface area contributed by atoms with Gasteiger partial charge in [-0.15, -0.1) is 0 Å². The van der Waals surface area contributed by atoms with E-state index < -0.39 is 29.0 Å². The molecule has 0 unspecified atom stereocenters. The Kier molecular flexibility index (Phi) is 5.62. The standard InChI is InChI=1S/C19H15F4N3O2/c1-26-13(6-7-25-26)9-24-19(27)12-4-2-11(3-5-12)10-28-18-16(22)14(20)8-15(21)17(18)23/h2-8H,9-10H2,1H3,(H,24,27). The molecule has 1 heterocycles. The highest BCUT2D eigenvalue weighted by molar-refractivity contribution is 5.94. The van der Waals surface area contributed by atoms with Crippen LogP contribution in [0.25, 0.3) is 0 Å². The van der Waals surface area contributed by atoms with Crippen LogP contribution in [0.4, 0.5) is 17.6 Å². The minimum atomic E-state index is -1.61. The largest absolute Gasteiger partial charge is 0.483 e. The molecule has 1 amide bonds. The van der Waals surface area contributed by atoms with Crippen molar-refractivity contribution in [2.45, 2.75) is 13.2 Å². The number of benzene rings is 2. The molecule has 9 heteroatoms. The van der Waals surface area contributed by atoms with E-state index in [1.54, 1.807) is 24.0 Å². The maximum atomic E-state index is 13.6. The van der Waals surface area contributed by atoms with E-state index >= 15 is 0 Å². The molecule has 3 rings (SSSR count). The predicted molar refractivity (Wildman–Crippen MR) is 91.4 cm³/mol. The van der Waals surface area contributed by atoms with Gasteiger partial charge in [0.2, 0.25) is 11.6 Å². The molecule has 0 aliphatic heterocycles. The Hall–Kier alpha value is -3.36. The fourth-order valence-electron chi connectivity index (χ4n) is 2.43. The molecular weight excluding hydrogens is 378 g/mol. The van der Waals surface area contributed by atoms with Crippen molar-refractivity contribution >= 4 is 5.91 Å². The lowest BCUT2D eigenvalue weighted by molar-refractivity contribution is 0.0950. The Morgan fingerprint density at radius 1 is 1.07 bits per heavy atom. The van der Waals surface area contributed by atoms with Gasteiger partial charge in [-0.05, 0) is 23.8 Å². The number of carbonyl (C=O) groups is 1. The molecule has 1 N–H and O–H groups in total. The Morgan fingerprint density at radius 3 is 2.29 bits per heavy atom. The van der Waals surface area contributed by atoms with Gasteiger partial charge in [-0.25, -0.2) is 8.78 Å². The molecule has 0 radical (unpaired) electrons. The molecule has 5 nitrogen and oxygen atoms in total. The summed E-state index contributed by atoms with van der Waals surface area (Å²) in [5, 5.41) is 6.73. The molecule has 0 saturated heterocycles. The van der Waals surface area contributed by atoms with Crippen LogP contribution in [0.1, 0.15) is 21.6 Å². The Labute approximate surface area is 157 Å². The van der Waals surface area contributed by atoms with Crippen molar-refractivity contribution in [2.24, 2.45) is 7.05 Å². The third-order valence-electron chi connectivity index (χ3n) is 4.02. The fraction of sp³-hybridized carbons (Fsp3) is 0.158. The number of rotatable bonds is 6. The smallest absolute Gasteiger partial charge is 0.251 e. The quantitative estimate of drug-likeness (QED) is 0.515. The van der Waals surface area contributed by atoms with E-state index in [0.717, 1.165) is 5.69 Å². The van der Waals surface area contributed by atoms with Gasteiger partial charge in [0.15, 0.2) is 17.4 Å². The van der Waals surface area contributed by atoms with Gasteiger partial charge < -0.3 is 10.1 Å². The van der Waals surface area contributed by atoms with Gasteiger partial charge in [-0.1, -0.05) is 12.1 Å². The monoisotopic (exact) mass is 393 g/mol. The van der Waals surface area contributed by atoms with Crippen LogP contribution in [-0.2, 0) is 20.2 Å². The number of amides is 1. The molecule has 0 aliphatic carbocycles. The van der Waals surface area contributed by atoms with Gasteiger partial charge in [0.25, 0.3) is 5.91 Å². The summed E-state index contributed by atoms with van der Waals surface area (Å²) >= 11 is 0. The van der Waals surface area contributed by atoms with Crippen molar-refractivity contribution in [1.82, 2.24) is 15.1 Å². The summed E-state index contributed by atoms with van der Waals surface area (Å²) in [6.45, 7) is -0.0441. The minimum Gasteiger partial charge on any atom is -0.483 e. The van der Waals surface area contributed by atoms with Crippen molar-refractivity contribution in [3.05, 3.63) is 82.7 Å². The predicted octanol–water partition coefficient (Wildman–Crippen LogP) is 3.49. The van der Waals surface area contributed by atoms with E-state index in [1.165, 1.54) is 24.3 Å². The van der Waals surface area contributed by atoms with Gasteiger partial charge in [0.1, 0.15) is 6.61 Å². The molecule has 28 heavy (non-hydrogen) atoms. The number of ether oxygens (including phenoxy) is 1. The number of halogens is 4. The Bertz CT molecular complexity index is 977. The number of nitrogens with one attached hydrogen (secondary N) is 1. The second kappa shape index (κ2) is 8.12. The molecule has 0 saturated carbocycles. The fourth-order valence-corrected chi connectivity index (χ4v) is 2.43. The number of aryl methyl sites for hydroxylation is 1. The molecule has 3 aromatic rings. The van der Waals surface area contributed by atoms with E-state index in [-0.39, 0.29) is 18.6 Å². The lowest BCUT2D eigenvalue weighted by Gasteiger charge is -2.10. The molecule has 146 valence electrons. The molecule has 0 spiro atoms. The van der Waals surface area contributed by atoms with Crippen LogP contribution < -0.4 is 10.1 Å². The average Bonchev–Trinajstić information content (AvgIpc) is 3.10. The minimum absolute atomic E-state index is 0.108. The zero-order valence-electron chi connectivity index (χ0n) is 14.7. The first-order valence-corrected chi connectivity index (χ1v) is 8.16. The van der Waals surface area contributed by atoms with Crippen LogP contribution >= 0.6 is 0 Å². The summed E-state index contributed by atoms with van der Waals surface area (Å²) in [5.41, 5.74) is 1.64. The van der Waals surface area contributed by atoms with Crippen LogP contribution in [-0.4, -0.2) is 15.7 Å². The van der Waals surface area contributed by atoms with Crippen LogP contribution in [0.5, 0.6) is 5.75 Å². The van der Waals surface area contributed by atoms with Crippen molar-refractivity contribution < 1.29 is 27.1 Å². The maximum absolute atomic E-state index is 13.6. The first kappa shape index (κ1) is 19.4. The molecular formula is C19H15F4N3O2. The molecule has 2 aromatic carbocycles. The normalized spacial score (nSPS) is 10.8. The molecule has 0 bridgehead atoms. The van der Waals surface area contributed by atoms with Crippen molar-refractivity contribution in [3.8, 4) is 5.75 Å². The maximum Gasteiger partial charge on any atom is 0.251 e. The lowest BCUT2D eigenvalue weighted by Crippen LogP contribution is -2.24. The third-order valence-corrected chi connectivity index (χ3v) is 4.02. The van der Waals surface area contributed by atoms with E-state index in [9.17, 15) is 22.4 Å². The second-order valence-corrected chi connectivity index (χ2v) is 5.91.